The van der Waals surface area contributed by atoms with Gasteiger partial charge in [0.05, 0.1) is 10.2 Å². The molecular weight excluding hydrogens is 325 g/mol. The van der Waals surface area contributed by atoms with Crippen molar-refractivity contribution in [1.29, 1.82) is 0 Å². The molecular formula is C14H15BrFN3O. The Morgan fingerprint density at radius 2 is 2.15 bits per heavy atom. The number of benzene rings is 1. The number of hydrogen-bond donors (Lipinski definition) is 1. The molecule has 6 heteroatoms. The lowest BCUT2D eigenvalue weighted by Gasteiger charge is -2.13. The largest absolute Gasteiger partial charge is 0.383 e. The van der Waals surface area contributed by atoms with E-state index < -0.39 is 0 Å². The Hall–Kier alpha value is -1.69. The van der Waals surface area contributed by atoms with E-state index in [0.29, 0.717) is 24.5 Å². The molecule has 0 bridgehead atoms. The van der Waals surface area contributed by atoms with Crippen molar-refractivity contribution in [2.45, 2.75) is 20.4 Å². The Labute approximate surface area is 124 Å². The standard InChI is InChI=1S/C14H15BrFN3O/c1-9-13(15)10(2)19(14(20)18-9)7-6-17-12-5-3-4-11(16)8-12/h3-5,8,17H,6-7H2,1-2H3. The number of aromatic nitrogens is 2. The van der Waals surface area contributed by atoms with Gasteiger partial charge in [0.25, 0.3) is 0 Å². The molecule has 0 aliphatic carbocycles. The minimum absolute atomic E-state index is 0.274. The van der Waals surface area contributed by atoms with Crippen LogP contribution < -0.4 is 11.0 Å². The van der Waals surface area contributed by atoms with Gasteiger partial charge in [0.2, 0.25) is 0 Å². The van der Waals surface area contributed by atoms with Crippen molar-refractivity contribution >= 4 is 21.6 Å². The Balaban J connectivity index is 2.09. The molecule has 1 heterocycles. The number of hydrogen-bond acceptors (Lipinski definition) is 3. The molecule has 0 aliphatic heterocycles. The molecule has 0 aliphatic rings. The Kier molecular flexibility index (Phi) is 4.54. The molecule has 0 saturated heterocycles. The summed E-state index contributed by atoms with van der Waals surface area (Å²) in [5.41, 5.74) is 1.93. The average molecular weight is 340 g/mol. The molecule has 20 heavy (non-hydrogen) atoms. The average Bonchev–Trinajstić information content (AvgIpc) is 2.40. The van der Waals surface area contributed by atoms with Crippen molar-refractivity contribution in [3.05, 3.63) is 56.4 Å². The van der Waals surface area contributed by atoms with Gasteiger partial charge in [-0.25, -0.2) is 9.18 Å². The zero-order valence-corrected chi connectivity index (χ0v) is 12.9. The lowest BCUT2D eigenvalue weighted by Crippen LogP contribution is -2.29. The second-order valence-corrected chi connectivity index (χ2v) is 5.26. The normalized spacial score (nSPS) is 10.6. The summed E-state index contributed by atoms with van der Waals surface area (Å²) >= 11 is 3.42. The van der Waals surface area contributed by atoms with E-state index in [2.05, 4.69) is 26.2 Å². The first-order valence-electron chi connectivity index (χ1n) is 6.22. The van der Waals surface area contributed by atoms with Gasteiger partial charge in [0, 0.05) is 24.5 Å². The van der Waals surface area contributed by atoms with Crippen LogP contribution >= 0.6 is 15.9 Å². The van der Waals surface area contributed by atoms with Crippen molar-refractivity contribution in [3.8, 4) is 0 Å². The van der Waals surface area contributed by atoms with Crippen LogP contribution in [0.2, 0.25) is 0 Å². The second-order valence-electron chi connectivity index (χ2n) is 4.47. The van der Waals surface area contributed by atoms with Crippen LogP contribution in [-0.4, -0.2) is 16.1 Å². The molecule has 4 nitrogen and oxygen atoms in total. The predicted octanol–water partition coefficient (Wildman–Crippen LogP) is 2.87. The van der Waals surface area contributed by atoms with Crippen LogP contribution in [0.4, 0.5) is 10.1 Å². The van der Waals surface area contributed by atoms with Crippen LogP contribution in [0.15, 0.2) is 33.5 Å². The minimum Gasteiger partial charge on any atom is -0.383 e. The summed E-state index contributed by atoms with van der Waals surface area (Å²) in [5, 5.41) is 3.08. The van der Waals surface area contributed by atoms with Crippen molar-refractivity contribution in [1.82, 2.24) is 9.55 Å². The fraction of sp³-hybridized carbons (Fsp3) is 0.286. The van der Waals surface area contributed by atoms with Crippen LogP contribution in [0.3, 0.4) is 0 Å². The number of nitrogens with one attached hydrogen (secondary N) is 1. The third kappa shape index (κ3) is 3.25. The van der Waals surface area contributed by atoms with Crippen LogP contribution in [-0.2, 0) is 6.54 Å². The number of anilines is 1. The monoisotopic (exact) mass is 339 g/mol. The molecule has 1 aromatic carbocycles. The number of aryl methyl sites for hydroxylation is 1. The predicted molar refractivity (Wildman–Crippen MR) is 80.6 cm³/mol. The van der Waals surface area contributed by atoms with Crippen LogP contribution in [0.1, 0.15) is 11.4 Å². The topological polar surface area (TPSA) is 46.9 Å². The highest BCUT2D eigenvalue weighted by Gasteiger charge is 2.08. The maximum atomic E-state index is 13.0. The fourth-order valence-corrected chi connectivity index (χ4v) is 2.25. The van der Waals surface area contributed by atoms with Gasteiger partial charge in [0.1, 0.15) is 5.82 Å². The molecule has 0 unspecified atom stereocenters. The Morgan fingerprint density at radius 3 is 2.85 bits per heavy atom. The van der Waals surface area contributed by atoms with E-state index in [1.165, 1.54) is 12.1 Å². The molecule has 1 N–H and O–H groups in total. The SMILES string of the molecule is Cc1nc(=O)n(CCNc2cccc(F)c2)c(C)c1Br. The quantitative estimate of drug-likeness (QED) is 0.931. The van der Waals surface area contributed by atoms with Gasteiger partial charge >= 0.3 is 5.69 Å². The Bertz CT molecular complexity index is 685. The van der Waals surface area contributed by atoms with Gasteiger partial charge < -0.3 is 5.32 Å². The molecule has 0 saturated carbocycles. The van der Waals surface area contributed by atoms with E-state index in [4.69, 9.17) is 0 Å². The third-order valence-corrected chi connectivity index (χ3v) is 4.17. The first-order valence-corrected chi connectivity index (χ1v) is 7.01. The maximum Gasteiger partial charge on any atom is 0.348 e. The lowest BCUT2D eigenvalue weighted by molar-refractivity contribution is 0.626. The first kappa shape index (κ1) is 14.7. The minimum atomic E-state index is -0.289. The summed E-state index contributed by atoms with van der Waals surface area (Å²) in [5.74, 6) is -0.289. The molecule has 0 fully saturated rings. The highest BCUT2D eigenvalue weighted by atomic mass is 79.9. The van der Waals surface area contributed by atoms with Gasteiger partial charge in [0.15, 0.2) is 0 Å². The van der Waals surface area contributed by atoms with Gasteiger partial charge in [-0.3, -0.25) is 4.57 Å². The molecule has 0 atom stereocenters. The van der Waals surface area contributed by atoms with E-state index in [9.17, 15) is 9.18 Å². The molecule has 106 valence electrons. The molecule has 0 spiro atoms. The number of nitrogens with zero attached hydrogens (tertiary/aromatic N) is 2. The van der Waals surface area contributed by atoms with Crippen LogP contribution in [0.5, 0.6) is 0 Å². The van der Waals surface area contributed by atoms with E-state index >= 15 is 0 Å². The first-order chi connectivity index (χ1) is 9.49. The van der Waals surface area contributed by atoms with Crippen molar-refractivity contribution < 1.29 is 4.39 Å². The Morgan fingerprint density at radius 1 is 1.40 bits per heavy atom. The van der Waals surface area contributed by atoms with E-state index in [1.807, 2.05) is 6.92 Å². The molecule has 1 aromatic heterocycles. The lowest BCUT2D eigenvalue weighted by atomic mass is 10.3. The zero-order chi connectivity index (χ0) is 14.7. The summed E-state index contributed by atoms with van der Waals surface area (Å²) in [7, 11) is 0. The summed E-state index contributed by atoms with van der Waals surface area (Å²) in [4.78, 5) is 15.8. The van der Waals surface area contributed by atoms with E-state index in [1.54, 1.807) is 23.6 Å². The fourth-order valence-electron chi connectivity index (χ4n) is 1.95. The van der Waals surface area contributed by atoms with Crippen molar-refractivity contribution in [2.24, 2.45) is 0 Å². The van der Waals surface area contributed by atoms with Crippen LogP contribution in [0.25, 0.3) is 0 Å². The smallest absolute Gasteiger partial charge is 0.348 e. The van der Waals surface area contributed by atoms with Gasteiger partial charge in [-0.15, -0.1) is 0 Å². The van der Waals surface area contributed by atoms with Crippen molar-refractivity contribution in [2.75, 3.05) is 11.9 Å². The summed E-state index contributed by atoms with van der Waals surface area (Å²) in [6.07, 6.45) is 0. The van der Waals surface area contributed by atoms with Gasteiger partial charge in [-0.1, -0.05) is 6.07 Å². The van der Waals surface area contributed by atoms with E-state index in [0.717, 1.165) is 10.2 Å². The number of rotatable bonds is 4. The molecule has 0 radical (unpaired) electrons. The van der Waals surface area contributed by atoms with Gasteiger partial charge in [-0.05, 0) is 48.0 Å². The highest BCUT2D eigenvalue weighted by molar-refractivity contribution is 9.10. The molecule has 0 amide bonds. The summed E-state index contributed by atoms with van der Waals surface area (Å²) in [6.45, 7) is 4.63. The molecule has 2 rings (SSSR count). The summed E-state index contributed by atoms with van der Waals surface area (Å²) in [6, 6.07) is 6.22. The summed E-state index contributed by atoms with van der Waals surface area (Å²) < 4.78 is 15.5. The highest BCUT2D eigenvalue weighted by Crippen LogP contribution is 2.16. The van der Waals surface area contributed by atoms with Crippen molar-refractivity contribution in [3.63, 3.8) is 0 Å². The van der Waals surface area contributed by atoms with E-state index in [-0.39, 0.29) is 11.5 Å². The maximum absolute atomic E-state index is 13.0. The second kappa shape index (κ2) is 6.17. The van der Waals surface area contributed by atoms with Gasteiger partial charge in [-0.2, -0.15) is 4.98 Å². The molecule has 2 aromatic rings. The third-order valence-electron chi connectivity index (χ3n) is 3.02. The number of halogens is 2. The van der Waals surface area contributed by atoms with Crippen LogP contribution in [0, 0.1) is 19.7 Å². The zero-order valence-electron chi connectivity index (χ0n) is 11.3.